The molecule has 3 amide bonds. The van der Waals surface area contributed by atoms with Crippen molar-refractivity contribution >= 4 is 17.9 Å². The van der Waals surface area contributed by atoms with Crippen LogP contribution >= 0.6 is 0 Å². The molecule has 2 heterocycles. The van der Waals surface area contributed by atoms with E-state index in [2.05, 4.69) is 0 Å². The van der Waals surface area contributed by atoms with Crippen LogP contribution in [0.3, 0.4) is 0 Å². The molecule has 3 unspecified atom stereocenters. The Morgan fingerprint density at radius 1 is 1.35 bits per heavy atom. The Morgan fingerprint density at radius 3 is 2.59 bits per heavy atom. The van der Waals surface area contributed by atoms with Crippen molar-refractivity contribution in [2.75, 3.05) is 6.54 Å². The van der Waals surface area contributed by atoms with Crippen LogP contribution in [0.5, 0.6) is 0 Å². The largest absolute Gasteiger partial charge is 0.481 e. The highest BCUT2D eigenvalue weighted by molar-refractivity contribution is 5.94. The van der Waals surface area contributed by atoms with Crippen molar-refractivity contribution in [3.63, 3.8) is 0 Å². The third kappa shape index (κ3) is 2.23. The Kier molecular flexibility index (Phi) is 3.01. The van der Waals surface area contributed by atoms with Crippen LogP contribution in [-0.2, 0) is 9.59 Å². The lowest BCUT2D eigenvalue weighted by Crippen LogP contribution is -2.44. The average molecular weight is 241 g/mol. The molecule has 94 valence electrons. The zero-order valence-corrected chi connectivity index (χ0v) is 9.26. The standard InChI is InChI=1S/C10H15N3O4/c11-10(17)12-8(14)4-13-5-1-2-7(13)6(3-5)9(15)16/h5-7H,1-4H2,(H,15,16)(H3,11,12,14,17). The number of nitrogens with zero attached hydrogens (tertiary/aromatic N) is 1. The summed E-state index contributed by atoms with van der Waals surface area (Å²) >= 11 is 0. The molecule has 2 aliphatic rings. The molecule has 2 bridgehead atoms. The summed E-state index contributed by atoms with van der Waals surface area (Å²) in [6.45, 7) is 0.0437. The van der Waals surface area contributed by atoms with Gasteiger partial charge in [0.15, 0.2) is 0 Å². The van der Waals surface area contributed by atoms with E-state index in [1.54, 1.807) is 0 Å². The number of imide groups is 1. The Labute approximate surface area is 97.9 Å². The summed E-state index contributed by atoms with van der Waals surface area (Å²) in [5.74, 6) is -1.67. The molecule has 3 atom stereocenters. The first-order valence-corrected chi connectivity index (χ1v) is 5.57. The number of amides is 3. The van der Waals surface area contributed by atoms with Crippen LogP contribution in [-0.4, -0.2) is 46.5 Å². The molecule has 0 spiro atoms. The number of carboxylic acid groups (broad SMARTS) is 1. The molecule has 17 heavy (non-hydrogen) atoms. The van der Waals surface area contributed by atoms with E-state index in [1.807, 2.05) is 10.2 Å². The summed E-state index contributed by atoms with van der Waals surface area (Å²) in [7, 11) is 0. The van der Waals surface area contributed by atoms with Gasteiger partial charge in [-0.2, -0.15) is 0 Å². The number of primary amides is 1. The molecule has 0 aromatic carbocycles. The summed E-state index contributed by atoms with van der Waals surface area (Å²) < 4.78 is 0. The third-order valence-corrected chi connectivity index (χ3v) is 3.59. The monoisotopic (exact) mass is 241 g/mol. The molecule has 7 heteroatoms. The number of nitrogens with two attached hydrogens (primary N) is 1. The van der Waals surface area contributed by atoms with E-state index in [9.17, 15) is 14.4 Å². The van der Waals surface area contributed by atoms with Gasteiger partial charge in [-0.05, 0) is 19.3 Å². The third-order valence-electron chi connectivity index (χ3n) is 3.59. The molecule has 0 aliphatic carbocycles. The first kappa shape index (κ1) is 11.8. The zero-order chi connectivity index (χ0) is 12.6. The Balaban J connectivity index is 1.97. The van der Waals surface area contributed by atoms with Crippen molar-refractivity contribution in [3.05, 3.63) is 0 Å². The minimum absolute atomic E-state index is 0.0437. The normalized spacial score (nSPS) is 31.4. The number of rotatable bonds is 3. The molecular weight excluding hydrogens is 226 g/mol. The molecule has 0 aromatic heterocycles. The summed E-state index contributed by atoms with van der Waals surface area (Å²) in [5, 5.41) is 11.0. The first-order chi connectivity index (χ1) is 7.99. The van der Waals surface area contributed by atoms with Crippen molar-refractivity contribution in [1.29, 1.82) is 0 Å². The predicted octanol–water partition coefficient (Wildman–Crippen LogP) is -0.881. The maximum atomic E-state index is 11.4. The maximum absolute atomic E-state index is 11.4. The Bertz CT molecular complexity index is 371. The minimum atomic E-state index is -0.878. The number of carbonyl (C=O) groups excluding carboxylic acids is 2. The minimum Gasteiger partial charge on any atom is -0.481 e. The zero-order valence-electron chi connectivity index (χ0n) is 9.26. The lowest BCUT2D eigenvalue weighted by atomic mass is 9.89. The Hall–Kier alpha value is -1.63. The highest BCUT2D eigenvalue weighted by Gasteiger charge is 2.49. The van der Waals surface area contributed by atoms with Gasteiger partial charge in [-0.25, -0.2) is 4.79 Å². The summed E-state index contributed by atoms with van der Waals surface area (Å²) in [4.78, 5) is 34.8. The van der Waals surface area contributed by atoms with Crippen LogP contribution in [0.25, 0.3) is 0 Å². The van der Waals surface area contributed by atoms with Gasteiger partial charge in [-0.3, -0.25) is 19.8 Å². The van der Waals surface area contributed by atoms with E-state index >= 15 is 0 Å². The fourth-order valence-electron chi connectivity index (χ4n) is 2.96. The van der Waals surface area contributed by atoms with Crippen LogP contribution in [0.15, 0.2) is 0 Å². The maximum Gasteiger partial charge on any atom is 0.318 e. The number of nitrogens with one attached hydrogen (secondary N) is 1. The van der Waals surface area contributed by atoms with E-state index in [-0.39, 0.29) is 18.6 Å². The van der Waals surface area contributed by atoms with Crippen LogP contribution < -0.4 is 11.1 Å². The van der Waals surface area contributed by atoms with Gasteiger partial charge in [0.2, 0.25) is 5.91 Å². The van der Waals surface area contributed by atoms with Crippen molar-refractivity contribution < 1.29 is 19.5 Å². The number of hydrogen-bond acceptors (Lipinski definition) is 4. The van der Waals surface area contributed by atoms with Gasteiger partial charge in [-0.1, -0.05) is 0 Å². The SMILES string of the molecule is NC(=O)NC(=O)CN1C2CCC1C(C(=O)O)C2. The molecule has 2 aliphatic heterocycles. The highest BCUT2D eigenvalue weighted by atomic mass is 16.4. The fourth-order valence-corrected chi connectivity index (χ4v) is 2.96. The van der Waals surface area contributed by atoms with Crippen LogP contribution in [0.4, 0.5) is 4.79 Å². The fraction of sp³-hybridized carbons (Fsp3) is 0.700. The summed E-state index contributed by atoms with van der Waals surface area (Å²) in [6.07, 6.45) is 2.30. The molecule has 0 saturated carbocycles. The van der Waals surface area contributed by atoms with E-state index in [0.717, 1.165) is 12.8 Å². The topological polar surface area (TPSA) is 113 Å². The van der Waals surface area contributed by atoms with Gasteiger partial charge < -0.3 is 10.8 Å². The van der Waals surface area contributed by atoms with Crippen molar-refractivity contribution in [2.24, 2.45) is 11.7 Å². The van der Waals surface area contributed by atoms with E-state index in [4.69, 9.17) is 10.8 Å². The smallest absolute Gasteiger partial charge is 0.318 e. The van der Waals surface area contributed by atoms with E-state index in [1.165, 1.54) is 0 Å². The van der Waals surface area contributed by atoms with Gasteiger partial charge in [-0.15, -0.1) is 0 Å². The van der Waals surface area contributed by atoms with Gasteiger partial charge in [0.05, 0.1) is 12.5 Å². The number of urea groups is 1. The molecule has 4 N–H and O–H groups in total. The number of carboxylic acids is 1. The van der Waals surface area contributed by atoms with Crippen LogP contribution in [0.2, 0.25) is 0 Å². The van der Waals surface area contributed by atoms with Crippen LogP contribution in [0, 0.1) is 5.92 Å². The number of hydrogen-bond donors (Lipinski definition) is 3. The second-order valence-corrected chi connectivity index (χ2v) is 4.56. The van der Waals surface area contributed by atoms with Gasteiger partial charge in [0.25, 0.3) is 0 Å². The second kappa shape index (κ2) is 4.33. The van der Waals surface area contributed by atoms with E-state index in [0.29, 0.717) is 6.42 Å². The van der Waals surface area contributed by atoms with E-state index < -0.39 is 23.8 Å². The van der Waals surface area contributed by atoms with Crippen molar-refractivity contribution in [1.82, 2.24) is 10.2 Å². The van der Waals surface area contributed by atoms with Gasteiger partial charge in [0, 0.05) is 12.1 Å². The van der Waals surface area contributed by atoms with Gasteiger partial charge >= 0.3 is 12.0 Å². The van der Waals surface area contributed by atoms with Crippen molar-refractivity contribution in [3.8, 4) is 0 Å². The summed E-state index contributed by atoms with van der Waals surface area (Å²) in [6, 6.07) is -0.827. The molecule has 2 rings (SSSR count). The predicted molar refractivity (Wildman–Crippen MR) is 57.0 cm³/mol. The molecular formula is C10H15N3O4. The number of carbonyl (C=O) groups is 3. The second-order valence-electron chi connectivity index (χ2n) is 4.56. The highest BCUT2D eigenvalue weighted by Crippen LogP contribution is 2.41. The first-order valence-electron chi connectivity index (χ1n) is 5.57. The summed E-state index contributed by atoms with van der Waals surface area (Å²) in [5.41, 5.74) is 4.84. The number of aliphatic carboxylic acids is 1. The average Bonchev–Trinajstić information content (AvgIpc) is 2.74. The lowest BCUT2D eigenvalue weighted by molar-refractivity contribution is -0.143. The Morgan fingerprint density at radius 2 is 2.06 bits per heavy atom. The van der Waals surface area contributed by atoms with Crippen LogP contribution in [0.1, 0.15) is 19.3 Å². The van der Waals surface area contributed by atoms with Crippen molar-refractivity contribution in [2.45, 2.75) is 31.3 Å². The quantitative estimate of drug-likeness (QED) is 0.593. The molecule has 0 aromatic rings. The lowest BCUT2D eigenvalue weighted by Gasteiger charge is -2.21. The molecule has 0 radical (unpaired) electrons. The molecule has 2 saturated heterocycles. The number of fused-ring (bicyclic) bond motifs is 2. The molecule has 7 nitrogen and oxygen atoms in total. The molecule has 2 fully saturated rings. The van der Waals surface area contributed by atoms with Gasteiger partial charge in [0.1, 0.15) is 0 Å².